The maximum atomic E-state index is 5.56. The van der Waals surface area contributed by atoms with Crippen molar-refractivity contribution in [1.82, 2.24) is 4.90 Å². The molecule has 3 nitrogen and oxygen atoms in total. The van der Waals surface area contributed by atoms with Crippen molar-refractivity contribution in [2.24, 2.45) is 0 Å². The zero-order valence-corrected chi connectivity index (χ0v) is 13.8. The molecular formula is C20H23NO2. The molecule has 1 saturated heterocycles. The van der Waals surface area contributed by atoms with Crippen LogP contribution in [0.25, 0.3) is 0 Å². The average Bonchev–Trinajstić information content (AvgIpc) is 3.09. The van der Waals surface area contributed by atoms with Crippen LogP contribution in [-0.4, -0.2) is 32.2 Å². The highest BCUT2D eigenvalue weighted by Crippen LogP contribution is 2.47. The Hall–Kier alpha value is -2.00. The van der Waals surface area contributed by atoms with E-state index in [0.717, 1.165) is 18.0 Å². The summed E-state index contributed by atoms with van der Waals surface area (Å²) < 4.78 is 11.1. The van der Waals surface area contributed by atoms with Crippen LogP contribution in [0.15, 0.2) is 42.5 Å². The first-order valence-electron chi connectivity index (χ1n) is 8.36. The van der Waals surface area contributed by atoms with Crippen molar-refractivity contribution in [3.63, 3.8) is 0 Å². The minimum absolute atomic E-state index is 0.403. The van der Waals surface area contributed by atoms with E-state index in [0.29, 0.717) is 12.0 Å². The maximum absolute atomic E-state index is 5.56. The second-order valence-corrected chi connectivity index (χ2v) is 6.45. The highest BCUT2D eigenvalue weighted by atomic mass is 16.5. The number of benzene rings is 2. The van der Waals surface area contributed by atoms with Crippen molar-refractivity contribution < 1.29 is 9.47 Å². The van der Waals surface area contributed by atoms with Crippen molar-refractivity contribution >= 4 is 0 Å². The fraction of sp³-hybridized carbons (Fsp3) is 0.400. The van der Waals surface area contributed by atoms with Crippen LogP contribution in [0.1, 0.15) is 41.5 Å². The Balaban J connectivity index is 1.87. The Labute approximate surface area is 137 Å². The van der Waals surface area contributed by atoms with Crippen LogP contribution in [-0.2, 0) is 0 Å². The Bertz CT molecular complexity index is 698. The second kappa shape index (κ2) is 5.89. The van der Waals surface area contributed by atoms with E-state index in [2.05, 4.69) is 47.4 Å². The fourth-order valence-electron chi connectivity index (χ4n) is 4.20. The first-order valence-corrected chi connectivity index (χ1v) is 8.36. The van der Waals surface area contributed by atoms with Crippen molar-refractivity contribution in [3.05, 3.63) is 59.2 Å². The van der Waals surface area contributed by atoms with Crippen molar-refractivity contribution in [2.75, 3.05) is 27.3 Å². The molecule has 2 aromatic rings. The molecule has 0 radical (unpaired) electrons. The lowest BCUT2D eigenvalue weighted by atomic mass is 9.81. The molecule has 2 heterocycles. The molecule has 0 aliphatic carbocycles. The van der Waals surface area contributed by atoms with Gasteiger partial charge in [0.2, 0.25) is 0 Å². The van der Waals surface area contributed by atoms with Crippen LogP contribution in [0.2, 0.25) is 0 Å². The molecule has 0 spiro atoms. The summed E-state index contributed by atoms with van der Waals surface area (Å²) in [4.78, 5) is 2.63. The molecule has 0 bridgehead atoms. The van der Waals surface area contributed by atoms with E-state index < -0.39 is 0 Å². The number of hydrogen-bond donors (Lipinski definition) is 0. The van der Waals surface area contributed by atoms with E-state index in [1.54, 1.807) is 14.2 Å². The van der Waals surface area contributed by atoms with Gasteiger partial charge in [-0.2, -0.15) is 0 Å². The summed E-state index contributed by atoms with van der Waals surface area (Å²) >= 11 is 0. The van der Waals surface area contributed by atoms with Gasteiger partial charge in [0.15, 0.2) is 11.5 Å². The lowest BCUT2D eigenvalue weighted by Crippen LogP contribution is -2.34. The zero-order valence-electron chi connectivity index (χ0n) is 13.8. The third kappa shape index (κ3) is 2.40. The van der Waals surface area contributed by atoms with Gasteiger partial charge >= 0.3 is 0 Å². The van der Waals surface area contributed by atoms with E-state index in [-0.39, 0.29) is 0 Å². The number of nitrogens with zero attached hydrogens (tertiary/aromatic N) is 1. The van der Waals surface area contributed by atoms with Gasteiger partial charge in [-0.3, -0.25) is 4.90 Å². The van der Waals surface area contributed by atoms with Gasteiger partial charge in [-0.05, 0) is 48.2 Å². The maximum Gasteiger partial charge on any atom is 0.161 e. The molecule has 2 aliphatic heterocycles. The van der Waals surface area contributed by atoms with Gasteiger partial charge in [0.25, 0.3) is 0 Å². The molecule has 2 aliphatic rings. The van der Waals surface area contributed by atoms with E-state index in [1.165, 1.54) is 36.1 Å². The highest BCUT2D eigenvalue weighted by molar-refractivity contribution is 5.53. The third-order valence-electron chi connectivity index (χ3n) is 5.31. The average molecular weight is 309 g/mol. The predicted octanol–water partition coefficient (Wildman–Crippen LogP) is 3.99. The second-order valence-electron chi connectivity index (χ2n) is 6.45. The smallest absolute Gasteiger partial charge is 0.161 e. The van der Waals surface area contributed by atoms with Crippen LogP contribution in [0.3, 0.4) is 0 Å². The van der Waals surface area contributed by atoms with Crippen molar-refractivity contribution in [3.8, 4) is 11.5 Å². The summed E-state index contributed by atoms with van der Waals surface area (Å²) in [6.45, 7) is 2.29. The summed E-state index contributed by atoms with van der Waals surface area (Å²) in [7, 11) is 3.43. The van der Waals surface area contributed by atoms with Gasteiger partial charge in [0.05, 0.1) is 14.2 Å². The lowest BCUT2D eigenvalue weighted by molar-refractivity contribution is 0.228. The fourth-order valence-corrected chi connectivity index (χ4v) is 4.20. The summed E-state index contributed by atoms with van der Waals surface area (Å²) in [6.07, 6.45) is 2.52. The van der Waals surface area contributed by atoms with E-state index in [4.69, 9.17) is 9.47 Å². The standard InChI is InChI=1S/C20H23NO2/c1-22-19-11-15-16(12-20(19)23-2)18-9-6-10-21(18)13-17(15)14-7-4-3-5-8-14/h3-5,7-8,11-12,17-18H,6,9-10,13H2,1-2H3/t17-,18-/m0/s1. The molecule has 4 rings (SSSR count). The largest absolute Gasteiger partial charge is 0.493 e. The number of fused-ring (bicyclic) bond motifs is 3. The van der Waals surface area contributed by atoms with Gasteiger partial charge < -0.3 is 9.47 Å². The third-order valence-corrected chi connectivity index (χ3v) is 5.31. The minimum atomic E-state index is 0.403. The molecule has 0 N–H and O–H groups in total. The van der Waals surface area contributed by atoms with Crippen molar-refractivity contribution in [2.45, 2.75) is 24.8 Å². The van der Waals surface area contributed by atoms with Gasteiger partial charge in [0, 0.05) is 18.5 Å². The lowest BCUT2D eigenvalue weighted by Gasteiger charge is -2.38. The number of methoxy groups -OCH3 is 2. The van der Waals surface area contributed by atoms with Gasteiger partial charge in [-0.1, -0.05) is 30.3 Å². The monoisotopic (exact) mass is 309 g/mol. The van der Waals surface area contributed by atoms with Crippen LogP contribution in [0.5, 0.6) is 11.5 Å². The minimum Gasteiger partial charge on any atom is -0.493 e. The van der Waals surface area contributed by atoms with Gasteiger partial charge in [0.1, 0.15) is 0 Å². The molecule has 120 valence electrons. The predicted molar refractivity (Wildman–Crippen MR) is 91.4 cm³/mol. The van der Waals surface area contributed by atoms with Crippen LogP contribution in [0.4, 0.5) is 0 Å². The van der Waals surface area contributed by atoms with Crippen LogP contribution >= 0.6 is 0 Å². The zero-order chi connectivity index (χ0) is 15.8. The molecule has 0 saturated carbocycles. The molecular weight excluding hydrogens is 286 g/mol. The van der Waals surface area contributed by atoms with E-state index in [1.807, 2.05) is 0 Å². The molecule has 0 amide bonds. The molecule has 0 aromatic heterocycles. The van der Waals surface area contributed by atoms with Gasteiger partial charge in [-0.15, -0.1) is 0 Å². The first-order chi connectivity index (χ1) is 11.3. The summed E-state index contributed by atoms with van der Waals surface area (Å²) in [5.74, 6) is 2.07. The van der Waals surface area contributed by atoms with Crippen molar-refractivity contribution in [1.29, 1.82) is 0 Å². The van der Waals surface area contributed by atoms with E-state index >= 15 is 0 Å². The Kier molecular flexibility index (Phi) is 3.74. The topological polar surface area (TPSA) is 21.7 Å². The van der Waals surface area contributed by atoms with Crippen LogP contribution < -0.4 is 9.47 Å². The number of rotatable bonds is 3. The summed E-state index contributed by atoms with van der Waals surface area (Å²) in [6, 6.07) is 15.7. The molecule has 2 atom stereocenters. The Morgan fingerprint density at radius 3 is 2.35 bits per heavy atom. The normalized spacial score (nSPS) is 23.2. The number of hydrogen-bond acceptors (Lipinski definition) is 3. The summed E-state index contributed by atoms with van der Waals surface area (Å²) in [5, 5.41) is 0. The quantitative estimate of drug-likeness (QED) is 0.856. The van der Waals surface area contributed by atoms with Gasteiger partial charge in [-0.25, -0.2) is 0 Å². The number of ether oxygens (including phenoxy) is 2. The Morgan fingerprint density at radius 2 is 1.65 bits per heavy atom. The van der Waals surface area contributed by atoms with Crippen LogP contribution in [0, 0.1) is 0 Å². The molecule has 23 heavy (non-hydrogen) atoms. The summed E-state index contributed by atoms with van der Waals surface area (Å²) in [5.41, 5.74) is 4.20. The first kappa shape index (κ1) is 14.6. The Morgan fingerprint density at radius 1 is 0.957 bits per heavy atom. The SMILES string of the molecule is COc1cc2c(cc1OC)[C@@H]1CCCN1C[C@H]2c1ccccc1. The highest BCUT2D eigenvalue weighted by Gasteiger charge is 2.37. The molecule has 3 heteroatoms. The molecule has 1 fully saturated rings. The van der Waals surface area contributed by atoms with E-state index in [9.17, 15) is 0 Å². The molecule has 0 unspecified atom stereocenters. The molecule has 2 aromatic carbocycles.